The molecule has 0 spiro atoms. The Morgan fingerprint density at radius 2 is 2.06 bits per heavy atom. The average Bonchev–Trinajstić information content (AvgIpc) is 2.85. The van der Waals surface area contributed by atoms with Crippen LogP contribution in [0, 0.1) is 5.92 Å². The standard InChI is InChI=1S/C13H27N3O/c1-3-11(2)12(14)13(17)15-7-6-10-16-8-4-5-9-16/h11-12H,3-10,14H2,1-2H3,(H,15,17)/t11?,12-/m0/s1. The minimum Gasteiger partial charge on any atom is -0.355 e. The lowest BCUT2D eigenvalue weighted by atomic mass is 9.99. The van der Waals surface area contributed by atoms with Crippen molar-refractivity contribution in [3.8, 4) is 0 Å². The molecule has 1 fully saturated rings. The van der Waals surface area contributed by atoms with Crippen LogP contribution in [-0.4, -0.2) is 43.0 Å². The van der Waals surface area contributed by atoms with Gasteiger partial charge in [-0.15, -0.1) is 0 Å². The highest BCUT2D eigenvalue weighted by Crippen LogP contribution is 2.07. The quantitative estimate of drug-likeness (QED) is 0.653. The minimum absolute atomic E-state index is 0.000715. The van der Waals surface area contributed by atoms with Gasteiger partial charge in [-0.25, -0.2) is 0 Å². The van der Waals surface area contributed by atoms with Crippen molar-refractivity contribution >= 4 is 5.91 Å². The van der Waals surface area contributed by atoms with Gasteiger partial charge in [-0.1, -0.05) is 20.3 Å². The molecule has 0 saturated carbocycles. The highest BCUT2D eigenvalue weighted by molar-refractivity contribution is 5.81. The zero-order valence-electron chi connectivity index (χ0n) is 11.2. The molecule has 1 heterocycles. The number of rotatable bonds is 7. The molecule has 100 valence electrons. The largest absolute Gasteiger partial charge is 0.355 e. The van der Waals surface area contributed by atoms with Gasteiger partial charge in [0.25, 0.3) is 0 Å². The fourth-order valence-electron chi connectivity index (χ4n) is 2.15. The van der Waals surface area contributed by atoms with E-state index in [0.717, 1.165) is 25.9 Å². The van der Waals surface area contributed by atoms with Gasteiger partial charge in [-0.05, 0) is 44.8 Å². The first-order valence-corrected chi connectivity index (χ1v) is 6.90. The first-order chi connectivity index (χ1) is 8.15. The predicted molar refractivity (Wildman–Crippen MR) is 70.7 cm³/mol. The van der Waals surface area contributed by atoms with Crippen LogP contribution in [0.15, 0.2) is 0 Å². The van der Waals surface area contributed by atoms with E-state index in [1.54, 1.807) is 0 Å². The molecule has 0 aromatic carbocycles. The summed E-state index contributed by atoms with van der Waals surface area (Å²) in [6.07, 6.45) is 4.62. The third-order valence-electron chi connectivity index (χ3n) is 3.71. The number of carbonyl (C=O) groups excluding carboxylic acids is 1. The Labute approximate surface area is 105 Å². The van der Waals surface area contributed by atoms with Crippen molar-refractivity contribution in [3.05, 3.63) is 0 Å². The molecular formula is C13H27N3O. The molecule has 2 atom stereocenters. The highest BCUT2D eigenvalue weighted by Gasteiger charge is 2.18. The monoisotopic (exact) mass is 241 g/mol. The van der Waals surface area contributed by atoms with Gasteiger partial charge in [0.05, 0.1) is 6.04 Å². The number of nitrogens with one attached hydrogen (secondary N) is 1. The number of likely N-dealkylation sites (tertiary alicyclic amines) is 1. The van der Waals surface area contributed by atoms with E-state index < -0.39 is 0 Å². The molecule has 0 aliphatic carbocycles. The molecule has 1 amide bonds. The molecule has 0 aromatic rings. The van der Waals surface area contributed by atoms with E-state index >= 15 is 0 Å². The Kier molecular flexibility index (Phi) is 6.52. The van der Waals surface area contributed by atoms with E-state index in [2.05, 4.69) is 17.1 Å². The van der Waals surface area contributed by atoms with E-state index in [1.807, 2.05) is 6.92 Å². The maximum absolute atomic E-state index is 11.7. The van der Waals surface area contributed by atoms with Crippen LogP contribution in [0.5, 0.6) is 0 Å². The normalized spacial score (nSPS) is 20.2. The van der Waals surface area contributed by atoms with Crippen LogP contribution in [0.1, 0.15) is 39.5 Å². The van der Waals surface area contributed by atoms with Crippen molar-refractivity contribution in [3.63, 3.8) is 0 Å². The molecule has 1 aliphatic rings. The number of carbonyl (C=O) groups is 1. The second-order valence-electron chi connectivity index (χ2n) is 5.10. The fourth-order valence-corrected chi connectivity index (χ4v) is 2.15. The lowest BCUT2D eigenvalue weighted by molar-refractivity contribution is -0.123. The molecular weight excluding hydrogens is 214 g/mol. The summed E-state index contributed by atoms with van der Waals surface area (Å²) in [6, 6.07) is -0.355. The summed E-state index contributed by atoms with van der Waals surface area (Å²) in [4.78, 5) is 14.1. The molecule has 1 saturated heterocycles. The van der Waals surface area contributed by atoms with Gasteiger partial charge in [0.1, 0.15) is 0 Å². The second kappa shape index (κ2) is 7.67. The first kappa shape index (κ1) is 14.5. The van der Waals surface area contributed by atoms with Crippen molar-refractivity contribution < 1.29 is 4.79 Å². The third-order valence-corrected chi connectivity index (χ3v) is 3.71. The summed E-state index contributed by atoms with van der Waals surface area (Å²) >= 11 is 0. The highest BCUT2D eigenvalue weighted by atomic mass is 16.2. The topological polar surface area (TPSA) is 58.4 Å². The Balaban J connectivity index is 2.06. The van der Waals surface area contributed by atoms with Gasteiger partial charge in [0.2, 0.25) is 5.91 Å². The van der Waals surface area contributed by atoms with Crippen LogP contribution >= 0.6 is 0 Å². The Morgan fingerprint density at radius 1 is 1.41 bits per heavy atom. The third kappa shape index (κ3) is 5.04. The molecule has 0 bridgehead atoms. The van der Waals surface area contributed by atoms with Crippen molar-refractivity contribution in [2.24, 2.45) is 11.7 Å². The predicted octanol–water partition coefficient (Wildman–Crippen LogP) is 0.962. The maximum Gasteiger partial charge on any atom is 0.237 e. The maximum atomic E-state index is 11.7. The van der Waals surface area contributed by atoms with Crippen molar-refractivity contribution in [1.29, 1.82) is 0 Å². The number of nitrogens with zero attached hydrogens (tertiary/aromatic N) is 1. The van der Waals surface area contributed by atoms with Crippen molar-refractivity contribution in [2.75, 3.05) is 26.2 Å². The van der Waals surface area contributed by atoms with Gasteiger partial charge < -0.3 is 16.0 Å². The van der Waals surface area contributed by atoms with E-state index in [4.69, 9.17) is 5.73 Å². The molecule has 1 rings (SSSR count). The van der Waals surface area contributed by atoms with Gasteiger partial charge in [-0.2, -0.15) is 0 Å². The molecule has 4 heteroatoms. The molecule has 0 aromatic heterocycles. The summed E-state index contributed by atoms with van der Waals surface area (Å²) in [6.45, 7) is 8.37. The summed E-state index contributed by atoms with van der Waals surface area (Å²) in [5, 5.41) is 2.93. The van der Waals surface area contributed by atoms with Crippen LogP contribution in [-0.2, 0) is 4.79 Å². The fraction of sp³-hybridized carbons (Fsp3) is 0.923. The molecule has 4 nitrogen and oxygen atoms in total. The van der Waals surface area contributed by atoms with Crippen LogP contribution < -0.4 is 11.1 Å². The molecule has 1 unspecified atom stereocenters. The van der Waals surface area contributed by atoms with Crippen molar-refractivity contribution in [1.82, 2.24) is 10.2 Å². The first-order valence-electron chi connectivity index (χ1n) is 6.90. The van der Waals surface area contributed by atoms with Crippen LogP contribution in [0.4, 0.5) is 0 Å². The Morgan fingerprint density at radius 3 is 2.65 bits per heavy atom. The Bertz CT molecular complexity index is 227. The van der Waals surface area contributed by atoms with Crippen molar-refractivity contribution in [2.45, 2.75) is 45.6 Å². The lowest BCUT2D eigenvalue weighted by Gasteiger charge is -2.18. The number of hydrogen-bond acceptors (Lipinski definition) is 3. The second-order valence-corrected chi connectivity index (χ2v) is 5.10. The van der Waals surface area contributed by atoms with Gasteiger partial charge in [0.15, 0.2) is 0 Å². The van der Waals surface area contributed by atoms with E-state index in [-0.39, 0.29) is 17.9 Å². The molecule has 3 N–H and O–H groups in total. The SMILES string of the molecule is CCC(C)[C@H](N)C(=O)NCCCN1CCCC1. The van der Waals surface area contributed by atoms with E-state index in [9.17, 15) is 4.79 Å². The number of hydrogen-bond donors (Lipinski definition) is 2. The van der Waals surface area contributed by atoms with Crippen LogP contribution in [0.3, 0.4) is 0 Å². The van der Waals surface area contributed by atoms with Gasteiger partial charge in [0, 0.05) is 6.54 Å². The average molecular weight is 241 g/mol. The zero-order chi connectivity index (χ0) is 12.7. The lowest BCUT2D eigenvalue weighted by Crippen LogP contribution is -2.45. The summed E-state index contributed by atoms with van der Waals surface area (Å²) in [7, 11) is 0. The summed E-state index contributed by atoms with van der Waals surface area (Å²) in [5.41, 5.74) is 5.85. The minimum atomic E-state index is -0.355. The van der Waals surface area contributed by atoms with Gasteiger partial charge in [-0.3, -0.25) is 4.79 Å². The number of amides is 1. The summed E-state index contributed by atoms with van der Waals surface area (Å²) in [5.74, 6) is 0.259. The molecule has 0 radical (unpaired) electrons. The molecule has 1 aliphatic heterocycles. The van der Waals surface area contributed by atoms with Gasteiger partial charge >= 0.3 is 0 Å². The molecule has 17 heavy (non-hydrogen) atoms. The van der Waals surface area contributed by atoms with Crippen LogP contribution in [0.25, 0.3) is 0 Å². The van der Waals surface area contributed by atoms with Crippen LogP contribution in [0.2, 0.25) is 0 Å². The smallest absolute Gasteiger partial charge is 0.237 e. The number of nitrogens with two attached hydrogens (primary N) is 1. The zero-order valence-corrected chi connectivity index (χ0v) is 11.2. The van der Waals surface area contributed by atoms with E-state index in [0.29, 0.717) is 0 Å². The Hall–Kier alpha value is -0.610. The summed E-state index contributed by atoms with van der Waals surface area (Å²) < 4.78 is 0. The van der Waals surface area contributed by atoms with E-state index in [1.165, 1.54) is 25.9 Å².